The number of aromatic hydroxyl groups is 1. The highest BCUT2D eigenvalue weighted by Crippen LogP contribution is 2.55. The number of fused-ring (bicyclic) bond motifs is 2. The zero-order valence-electron chi connectivity index (χ0n) is 14.3. The Bertz CT molecular complexity index is 856. The lowest BCUT2D eigenvalue weighted by Crippen LogP contribution is -2.58. The summed E-state index contributed by atoms with van der Waals surface area (Å²) in [5.74, 6) is 1.36. The average molecular weight is 323 g/mol. The molecule has 4 rings (SSSR count). The van der Waals surface area contributed by atoms with Crippen molar-refractivity contribution in [2.24, 2.45) is 0 Å². The monoisotopic (exact) mass is 323 g/mol. The number of nitrogens with zero attached hydrogens (tertiary/aromatic N) is 1. The third kappa shape index (κ3) is 1.68. The van der Waals surface area contributed by atoms with Crippen LogP contribution < -0.4 is 14.4 Å². The predicted octanol–water partition coefficient (Wildman–Crippen LogP) is 3.93. The van der Waals surface area contributed by atoms with Crippen LogP contribution in [-0.2, 0) is 5.41 Å². The highest BCUT2D eigenvalue weighted by molar-refractivity contribution is 5.74. The molecule has 24 heavy (non-hydrogen) atoms. The van der Waals surface area contributed by atoms with Crippen LogP contribution in [0, 0.1) is 0 Å². The Kier molecular flexibility index (Phi) is 2.92. The van der Waals surface area contributed by atoms with Gasteiger partial charge in [0.25, 0.3) is 0 Å². The average Bonchev–Trinajstić information content (AvgIpc) is 2.74. The van der Waals surface area contributed by atoms with E-state index in [9.17, 15) is 5.11 Å². The summed E-state index contributed by atoms with van der Waals surface area (Å²) in [7, 11) is 3.64. The molecule has 1 atom stereocenters. The lowest BCUT2D eigenvalue weighted by Gasteiger charge is -2.46. The van der Waals surface area contributed by atoms with Crippen molar-refractivity contribution in [3.63, 3.8) is 0 Å². The van der Waals surface area contributed by atoms with Gasteiger partial charge in [0.05, 0.1) is 12.5 Å². The van der Waals surface area contributed by atoms with E-state index in [4.69, 9.17) is 9.47 Å². The van der Waals surface area contributed by atoms with E-state index < -0.39 is 5.72 Å². The van der Waals surface area contributed by atoms with Crippen LogP contribution >= 0.6 is 0 Å². The van der Waals surface area contributed by atoms with Gasteiger partial charge in [0.2, 0.25) is 5.72 Å². The number of phenols is 1. The van der Waals surface area contributed by atoms with Crippen molar-refractivity contribution in [2.45, 2.75) is 25.0 Å². The van der Waals surface area contributed by atoms with E-state index in [1.807, 2.05) is 12.1 Å². The third-order valence-corrected chi connectivity index (χ3v) is 5.37. The molecule has 0 radical (unpaired) electrons. The fraction of sp³-hybridized carbons (Fsp3) is 0.300. The summed E-state index contributed by atoms with van der Waals surface area (Å²) in [6.45, 7) is 4.38. The maximum atomic E-state index is 9.87. The molecule has 0 saturated carbocycles. The van der Waals surface area contributed by atoms with Gasteiger partial charge < -0.3 is 19.5 Å². The van der Waals surface area contributed by atoms with Crippen LogP contribution in [0.4, 0.5) is 5.69 Å². The fourth-order valence-electron chi connectivity index (χ4n) is 3.99. The number of hydrogen-bond donors (Lipinski definition) is 1. The maximum absolute atomic E-state index is 9.87. The van der Waals surface area contributed by atoms with Gasteiger partial charge in [0, 0.05) is 24.4 Å². The van der Waals surface area contributed by atoms with Gasteiger partial charge in [-0.2, -0.15) is 0 Å². The molecule has 2 aromatic carbocycles. The second-order valence-corrected chi connectivity index (χ2v) is 6.90. The Hall–Kier alpha value is -2.62. The second-order valence-electron chi connectivity index (χ2n) is 6.90. The van der Waals surface area contributed by atoms with Gasteiger partial charge in [-0.1, -0.05) is 18.2 Å². The van der Waals surface area contributed by atoms with Crippen LogP contribution in [0.5, 0.6) is 17.2 Å². The van der Waals surface area contributed by atoms with Crippen molar-refractivity contribution in [3.05, 3.63) is 53.6 Å². The van der Waals surface area contributed by atoms with Gasteiger partial charge >= 0.3 is 0 Å². The molecule has 0 bridgehead atoms. The number of hydrogen-bond acceptors (Lipinski definition) is 4. The molecule has 1 spiro atoms. The number of rotatable bonds is 1. The number of likely N-dealkylation sites (N-methyl/N-ethyl adjacent to an activating group) is 1. The van der Waals surface area contributed by atoms with E-state index in [2.05, 4.69) is 50.1 Å². The van der Waals surface area contributed by atoms with Gasteiger partial charge in [-0.05, 0) is 43.7 Å². The van der Waals surface area contributed by atoms with Crippen LogP contribution in [0.2, 0.25) is 0 Å². The molecule has 0 amide bonds. The summed E-state index contributed by atoms with van der Waals surface area (Å²) >= 11 is 0. The first-order valence-corrected chi connectivity index (χ1v) is 8.03. The minimum Gasteiger partial charge on any atom is -0.508 e. The molecule has 1 N–H and O–H groups in total. The molecule has 2 heterocycles. The van der Waals surface area contributed by atoms with E-state index >= 15 is 0 Å². The van der Waals surface area contributed by atoms with Gasteiger partial charge in [-0.15, -0.1) is 0 Å². The Morgan fingerprint density at radius 3 is 2.62 bits per heavy atom. The summed E-state index contributed by atoms with van der Waals surface area (Å²) < 4.78 is 12.0. The van der Waals surface area contributed by atoms with Crippen LogP contribution in [0.25, 0.3) is 6.08 Å². The maximum Gasteiger partial charge on any atom is 0.212 e. The minimum atomic E-state index is -0.645. The van der Waals surface area contributed by atoms with E-state index in [0.29, 0.717) is 11.5 Å². The number of para-hydroxylation sites is 1. The number of anilines is 1. The Morgan fingerprint density at radius 1 is 1.17 bits per heavy atom. The molecular formula is C20H21NO3. The molecule has 1 unspecified atom stereocenters. The molecule has 0 saturated heterocycles. The topological polar surface area (TPSA) is 41.9 Å². The van der Waals surface area contributed by atoms with E-state index in [-0.39, 0.29) is 11.2 Å². The quantitative estimate of drug-likeness (QED) is 0.863. The SMILES string of the molecule is COc1cc(O)cc2c1OC1(C=C2)N(C)c2ccccc2C1(C)C. The van der Waals surface area contributed by atoms with Crippen LogP contribution in [0.1, 0.15) is 25.0 Å². The molecule has 2 aliphatic heterocycles. The Labute approximate surface area is 141 Å². The summed E-state index contributed by atoms with van der Waals surface area (Å²) in [5.41, 5.74) is 2.33. The van der Waals surface area contributed by atoms with Crippen molar-refractivity contribution in [1.29, 1.82) is 0 Å². The van der Waals surface area contributed by atoms with E-state index in [1.165, 1.54) is 5.56 Å². The summed E-state index contributed by atoms with van der Waals surface area (Å²) in [6, 6.07) is 11.7. The molecule has 0 aromatic heterocycles. The van der Waals surface area contributed by atoms with Gasteiger partial charge in [-0.25, -0.2) is 0 Å². The molecule has 4 heteroatoms. The van der Waals surface area contributed by atoms with Crippen LogP contribution in [-0.4, -0.2) is 25.0 Å². The minimum absolute atomic E-state index is 0.164. The van der Waals surface area contributed by atoms with Gasteiger partial charge in [0.1, 0.15) is 5.75 Å². The summed E-state index contributed by atoms with van der Waals surface area (Å²) in [6.07, 6.45) is 4.08. The van der Waals surface area contributed by atoms with E-state index in [0.717, 1.165) is 11.3 Å². The largest absolute Gasteiger partial charge is 0.508 e. The van der Waals surface area contributed by atoms with Crippen molar-refractivity contribution >= 4 is 11.8 Å². The lowest BCUT2D eigenvalue weighted by molar-refractivity contribution is 0.0551. The zero-order valence-corrected chi connectivity index (χ0v) is 14.3. The van der Waals surface area contributed by atoms with Gasteiger partial charge in [-0.3, -0.25) is 0 Å². The van der Waals surface area contributed by atoms with Crippen molar-refractivity contribution in [3.8, 4) is 17.2 Å². The zero-order chi connectivity index (χ0) is 17.1. The van der Waals surface area contributed by atoms with Crippen molar-refractivity contribution in [2.75, 3.05) is 19.1 Å². The first-order chi connectivity index (χ1) is 11.4. The number of methoxy groups -OCH3 is 1. The van der Waals surface area contributed by atoms with Crippen molar-refractivity contribution in [1.82, 2.24) is 0 Å². The van der Waals surface area contributed by atoms with Crippen LogP contribution in [0.3, 0.4) is 0 Å². The normalized spacial score (nSPS) is 22.9. The summed E-state index contributed by atoms with van der Waals surface area (Å²) in [4.78, 5) is 2.17. The molecule has 4 nitrogen and oxygen atoms in total. The highest BCUT2D eigenvalue weighted by atomic mass is 16.5. The third-order valence-electron chi connectivity index (χ3n) is 5.37. The van der Waals surface area contributed by atoms with Crippen LogP contribution in [0.15, 0.2) is 42.5 Å². The van der Waals surface area contributed by atoms with Crippen molar-refractivity contribution < 1.29 is 14.6 Å². The molecule has 0 aliphatic carbocycles. The smallest absolute Gasteiger partial charge is 0.212 e. The molecule has 0 fully saturated rings. The van der Waals surface area contributed by atoms with E-state index in [1.54, 1.807) is 19.2 Å². The first kappa shape index (κ1) is 14.9. The molecule has 124 valence electrons. The number of benzene rings is 2. The lowest BCUT2D eigenvalue weighted by atomic mass is 9.76. The highest BCUT2D eigenvalue weighted by Gasteiger charge is 2.57. The molecule has 2 aromatic rings. The molecule has 2 aliphatic rings. The Balaban J connectivity index is 1.91. The fourth-order valence-corrected chi connectivity index (χ4v) is 3.99. The summed E-state index contributed by atoms with van der Waals surface area (Å²) in [5, 5.41) is 9.87. The number of ether oxygens (including phenoxy) is 2. The second kappa shape index (κ2) is 4.69. The molecular weight excluding hydrogens is 302 g/mol. The Morgan fingerprint density at radius 2 is 1.92 bits per heavy atom. The van der Waals surface area contributed by atoms with Gasteiger partial charge in [0.15, 0.2) is 11.5 Å². The standard InChI is InChI=1S/C20H21NO3/c1-19(2)15-7-5-6-8-16(15)21(3)20(19)10-9-13-11-14(22)12-17(23-4)18(13)24-20/h5-12,22H,1-4H3. The number of phenolic OH excluding ortho intramolecular Hbond substituents is 1. The predicted molar refractivity (Wildman–Crippen MR) is 94.9 cm³/mol. The first-order valence-electron chi connectivity index (χ1n) is 8.03.